The molecule has 1 saturated carbocycles. The highest BCUT2D eigenvalue weighted by Crippen LogP contribution is 2.34. The lowest BCUT2D eigenvalue weighted by atomic mass is 9.84. The van der Waals surface area contributed by atoms with Gasteiger partial charge >= 0.3 is 0 Å². The number of hydrogen-bond acceptors (Lipinski definition) is 6. The fourth-order valence-electron chi connectivity index (χ4n) is 4.46. The first kappa shape index (κ1) is 22.5. The zero-order valence-corrected chi connectivity index (χ0v) is 19.8. The van der Waals surface area contributed by atoms with Gasteiger partial charge in [-0.1, -0.05) is 24.6 Å². The summed E-state index contributed by atoms with van der Waals surface area (Å²) < 4.78 is 5.76. The van der Waals surface area contributed by atoms with Gasteiger partial charge in [-0.2, -0.15) is 0 Å². The topological polar surface area (TPSA) is 75.6 Å². The molecule has 1 saturated heterocycles. The molecule has 1 aromatic carbocycles. The first-order valence-electron chi connectivity index (χ1n) is 11.8. The van der Waals surface area contributed by atoms with Crippen molar-refractivity contribution < 1.29 is 14.3 Å². The Bertz CT molecular complexity index is 1120. The van der Waals surface area contributed by atoms with E-state index in [4.69, 9.17) is 9.72 Å². The summed E-state index contributed by atoms with van der Waals surface area (Å²) in [7, 11) is 0. The average Bonchev–Trinajstić information content (AvgIpc) is 3.22. The second-order valence-corrected chi connectivity index (χ2v) is 9.64. The second kappa shape index (κ2) is 10.3. The number of aromatic nitrogens is 2. The quantitative estimate of drug-likeness (QED) is 0.533. The van der Waals surface area contributed by atoms with Crippen LogP contribution in [-0.4, -0.2) is 57.8 Å². The van der Waals surface area contributed by atoms with Crippen molar-refractivity contribution in [3.63, 3.8) is 0 Å². The molecule has 7 nitrogen and oxygen atoms in total. The summed E-state index contributed by atoms with van der Waals surface area (Å²) in [5.41, 5.74) is 1.88. The van der Waals surface area contributed by atoms with Gasteiger partial charge in [-0.05, 0) is 43.5 Å². The van der Waals surface area contributed by atoms with Crippen molar-refractivity contribution in [2.24, 2.45) is 5.92 Å². The maximum atomic E-state index is 13.3. The van der Waals surface area contributed by atoms with Gasteiger partial charge in [-0.25, -0.2) is 4.98 Å². The van der Waals surface area contributed by atoms with Gasteiger partial charge in [0.2, 0.25) is 5.91 Å². The van der Waals surface area contributed by atoms with E-state index in [-0.39, 0.29) is 30.4 Å². The van der Waals surface area contributed by atoms with E-state index < -0.39 is 0 Å². The standard InChI is InChI=1S/C26H28N4O3S/c31-24(17-33-21-7-2-1-3-8-21)30-16-15-29(26(32)20-5-4-6-20)14-11-23(30)25-28-22(18-34-25)19-9-12-27-13-10-19/h1-3,7-10,12-13,18,20,23H,4-6,11,14-17H2. The van der Waals surface area contributed by atoms with Crippen molar-refractivity contribution in [3.8, 4) is 17.0 Å². The minimum absolute atomic E-state index is 0.0420. The van der Waals surface area contributed by atoms with Crippen LogP contribution in [0.3, 0.4) is 0 Å². The van der Waals surface area contributed by atoms with Crippen molar-refractivity contribution in [1.29, 1.82) is 0 Å². The lowest BCUT2D eigenvalue weighted by Gasteiger charge is -2.31. The zero-order valence-electron chi connectivity index (χ0n) is 19.0. The molecule has 3 heterocycles. The summed E-state index contributed by atoms with van der Waals surface area (Å²) >= 11 is 1.56. The van der Waals surface area contributed by atoms with Crippen LogP contribution in [0.25, 0.3) is 11.3 Å². The molecule has 1 aliphatic carbocycles. The molecular weight excluding hydrogens is 448 g/mol. The molecule has 1 aliphatic heterocycles. The van der Waals surface area contributed by atoms with E-state index in [9.17, 15) is 9.59 Å². The Morgan fingerprint density at radius 2 is 1.79 bits per heavy atom. The van der Waals surface area contributed by atoms with Crippen LogP contribution >= 0.6 is 11.3 Å². The highest BCUT2D eigenvalue weighted by molar-refractivity contribution is 7.10. The predicted octanol–water partition coefficient (Wildman–Crippen LogP) is 4.19. The molecule has 3 aromatic rings. The Balaban J connectivity index is 1.35. The Labute approximate surface area is 203 Å². The Morgan fingerprint density at radius 1 is 1.00 bits per heavy atom. The number of ether oxygens (including phenoxy) is 1. The largest absolute Gasteiger partial charge is 0.484 e. The SMILES string of the molecule is O=C(C1CCC1)N1CCC(c2nc(-c3ccncc3)cs2)N(C(=O)COc2ccccc2)CC1. The van der Waals surface area contributed by atoms with Crippen molar-refractivity contribution >= 4 is 23.2 Å². The van der Waals surface area contributed by atoms with Gasteiger partial charge in [0, 0.05) is 48.9 Å². The first-order chi connectivity index (χ1) is 16.7. The third-order valence-corrected chi connectivity index (χ3v) is 7.58. The van der Waals surface area contributed by atoms with Gasteiger partial charge in [0.05, 0.1) is 11.7 Å². The normalized spacial score (nSPS) is 18.8. The molecule has 2 amide bonds. The van der Waals surface area contributed by atoms with Crippen LogP contribution in [0, 0.1) is 5.92 Å². The second-order valence-electron chi connectivity index (χ2n) is 8.75. The number of pyridine rings is 1. The summed E-state index contributed by atoms with van der Waals surface area (Å²) in [5, 5.41) is 2.91. The van der Waals surface area contributed by atoms with Gasteiger partial charge in [0.1, 0.15) is 10.8 Å². The number of rotatable bonds is 6. The third kappa shape index (κ3) is 4.97. The van der Waals surface area contributed by atoms with Gasteiger partial charge in [-0.3, -0.25) is 14.6 Å². The van der Waals surface area contributed by atoms with Crippen LogP contribution < -0.4 is 4.74 Å². The average molecular weight is 477 g/mol. The lowest BCUT2D eigenvalue weighted by molar-refractivity contribution is -0.139. The van der Waals surface area contributed by atoms with E-state index in [0.29, 0.717) is 31.8 Å². The predicted molar refractivity (Wildman–Crippen MR) is 130 cm³/mol. The van der Waals surface area contributed by atoms with Gasteiger partial charge in [0.15, 0.2) is 6.61 Å². The fraction of sp³-hybridized carbons (Fsp3) is 0.385. The van der Waals surface area contributed by atoms with Crippen molar-refractivity contribution in [2.45, 2.75) is 31.7 Å². The molecular formula is C26H28N4O3S. The molecule has 176 valence electrons. The number of amides is 2. The summed E-state index contributed by atoms with van der Waals surface area (Å²) in [6.45, 7) is 1.61. The molecule has 0 radical (unpaired) electrons. The maximum Gasteiger partial charge on any atom is 0.261 e. The van der Waals surface area contributed by atoms with Crippen LogP contribution in [0.1, 0.15) is 36.7 Å². The molecule has 5 rings (SSSR count). The van der Waals surface area contributed by atoms with Crippen LogP contribution in [0.4, 0.5) is 0 Å². The number of para-hydroxylation sites is 1. The lowest BCUT2D eigenvalue weighted by Crippen LogP contribution is -2.42. The molecule has 34 heavy (non-hydrogen) atoms. The molecule has 2 aromatic heterocycles. The molecule has 1 atom stereocenters. The summed E-state index contributed by atoms with van der Waals surface area (Å²) in [6.07, 6.45) is 7.26. The Hall–Kier alpha value is -3.26. The van der Waals surface area contributed by atoms with Gasteiger partial charge < -0.3 is 14.5 Å². The Kier molecular flexibility index (Phi) is 6.85. The number of carbonyl (C=O) groups excluding carboxylic acids is 2. The van der Waals surface area contributed by atoms with Crippen molar-refractivity contribution in [2.75, 3.05) is 26.2 Å². The van der Waals surface area contributed by atoms with Gasteiger partial charge in [-0.15, -0.1) is 11.3 Å². The smallest absolute Gasteiger partial charge is 0.261 e. The van der Waals surface area contributed by atoms with Crippen LogP contribution in [-0.2, 0) is 9.59 Å². The van der Waals surface area contributed by atoms with Crippen LogP contribution in [0.2, 0.25) is 0 Å². The minimum Gasteiger partial charge on any atom is -0.484 e. The summed E-state index contributed by atoms with van der Waals surface area (Å²) in [6, 6.07) is 13.0. The molecule has 2 aliphatic rings. The molecule has 0 spiro atoms. The van der Waals surface area contributed by atoms with E-state index in [1.165, 1.54) is 0 Å². The first-order valence-corrected chi connectivity index (χ1v) is 12.7. The highest BCUT2D eigenvalue weighted by atomic mass is 32.1. The minimum atomic E-state index is -0.188. The fourth-order valence-corrected chi connectivity index (χ4v) is 5.43. The van der Waals surface area contributed by atoms with E-state index in [1.807, 2.05) is 57.6 Å². The van der Waals surface area contributed by atoms with Gasteiger partial charge in [0.25, 0.3) is 5.91 Å². The molecule has 0 N–H and O–H groups in total. The van der Waals surface area contributed by atoms with E-state index in [1.54, 1.807) is 23.7 Å². The number of benzene rings is 1. The molecule has 8 heteroatoms. The summed E-state index contributed by atoms with van der Waals surface area (Å²) in [5.74, 6) is 0.961. The number of nitrogens with zero attached hydrogens (tertiary/aromatic N) is 4. The molecule has 1 unspecified atom stereocenters. The third-order valence-electron chi connectivity index (χ3n) is 6.63. The number of hydrogen-bond donors (Lipinski definition) is 0. The van der Waals surface area contributed by atoms with E-state index >= 15 is 0 Å². The number of carbonyl (C=O) groups is 2. The highest BCUT2D eigenvalue weighted by Gasteiger charge is 2.35. The monoisotopic (exact) mass is 476 g/mol. The van der Waals surface area contributed by atoms with Crippen molar-refractivity contribution in [1.82, 2.24) is 19.8 Å². The van der Waals surface area contributed by atoms with Crippen LogP contribution in [0.15, 0.2) is 60.2 Å². The molecule has 2 fully saturated rings. The van der Waals surface area contributed by atoms with Crippen LogP contribution in [0.5, 0.6) is 5.75 Å². The zero-order chi connectivity index (χ0) is 23.3. The summed E-state index contributed by atoms with van der Waals surface area (Å²) in [4.78, 5) is 39.0. The maximum absolute atomic E-state index is 13.3. The van der Waals surface area contributed by atoms with E-state index in [0.717, 1.165) is 35.5 Å². The molecule has 0 bridgehead atoms. The van der Waals surface area contributed by atoms with Crippen molar-refractivity contribution in [3.05, 3.63) is 65.2 Å². The van der Waals surface area contributed by atoms with E-state index in [2.05, 4.69) is 4.98 Å². The number of thiazole rings is 1. The Morgan fingerprint density at radius 3 is 2.53 bits per heavy atom.